The van der Waals surface area contributed by atoms with E-state index in [0.717, 1.165) is 5.56 Å². The molecule has 3 aromatic rings. The molecule has 6 nitrogen and oxygen atoms in total. The average Bonchev–Trinajstić information content (AvgIpc) is 2.75. The number of carbonyl (C=O) groups is 1. The summed E-state index contributed by atoms with van der Waals surface area (Å²) >= 11 is 0. The van der Waals surface area contributed by atoms with Crippen LogP contribution in [-0.2, 0) is 10.1 Å². The Bertz CT molecular complexity index is 1210. The monoisotopic (exact) mass is 453 g/mol. The van der Waals surface area contributed by atoms with Crippen LogP contribution in [0.4, 0.5) is 5.69 Å². The van der Waals surface area contributed by atoms with Crippen LogP contribution in [0.5, 0.6) is 11.5 Å². The minimum Gasteiger partial charge on any atom is -0.497 e. The molecule has 0 saturated heterocycles. The summed E-state index contributed by atoms with van der Waals surface area (Å²) in [5.74, 6) is 0.520. The smallest absolute Gasteiger partial charge is 0.339 e. The Morgan fingerprint density at radius 2 is 1.56 bits per heavy atom. The van der Waals surface area contributed by atoms with Crippen molar-refractivity contribution < 1.29 is 22.1 Å². The second kappa shape index (κ2) is 9.44. The molecule has 7 heteroatoms. The van der Waals surface area contributed by atoms with Crippen LogP contribution in [0.1, 0.15) is 46.8 Å². The normalized spacial score (nSPS) is 11.3. The van der Waals surface area contributed by atoms with E-state index in [4.69, 9.17) is 8.92 Å². The summed E-state index contributed by atoms with van der Waals surface area (Å²) in [5, 5.41) is 2.92. The summed E-state index contributed by atoms with van der Waals surface area (Å²) in [6.07, 6.45) is 0. The molecule has 168 valence electrons. The molecule has 0 aliphatic carbocycles. The molecule has 0 radical (unpaired) electrons. The number of nitrogens with one attached hydrogen (secondary N) is 1. The summed E-state index contributed by atoms with van der Waals surface area (Å²) in [5.41, 5.74) is 3.58. The van der Waals surface area contributed by atoms with Gasteiger partial charge in [-0.25, -0.2) is 0 Å². The second-order valence-electron chi connectivity index (χ2n) is 7.89. The van der Waals surface area contributed by atoms with E-state index in [1.807, 2.05) is 32.9 Å². The van der Waals surface area contributed by atoms with E-state index in [1.165, 1.54) is 19.2 Å². The minimum atomic E-state index is -4.04. The maximum absolute atomic E-state index is 12.8. The molecule has 1 N–H and O–H groups in total. The van der Waals surface area contributed by atoms with Gasteiger partial charge in [-0.15, -0.1) is 0 Å². The first-order chi connectivity index (χ1) is 15.1. The Morgan fingerprint density at radius 1 is 0.938 bits per heavy atom. The number of hydrogen-bond acceptors (Lipinski definition) is 5. The van der Waals surface area contributed by atoms with Crippen molar-refractivity contribution in [2.45, 2.75) is 38.5 Å². The van der Waals surface area contributed by atoms with Crippen molar-refractivity contribution in [2.75, 3.05) is 12.4 Å². The Hall–Kier alpha value is -3.32. The molecule has 0 aliphatic heterocycles. The SMILES string of the molecule is COc1ccc(S(=O)(=O)Oc2cc(C)c(NC(=O)c3ccc(C)cc3)cc2C(C)C)cc1. The summed E-state index contributed by atoms with van der Waals surface area (Å²) in [4.78, 5) is 12.7. The van der Waals surface area contributed by atoms with Gasteiger partial charge in [0.1, 0.15) is 16.4 Å². The van der Waals surface area contributed by atoms with E-state index < -0.39 is 10.1 Å². The maximum atomic E-state index is 12.8. The number of ether oxygens (including phenoxy) is 1. The lowest BCUT2D eigenvalue weighted by atomic mass is 9.99. The molecule has 0 aliphatic rings. The molecule has 0 saturated carbocycles. The first-order valence-electron chi connectivity index (χ1n) is 10.2. The van der Waals surface area contributed by atoms with Gasteiger partial charge in [0.05, 0.1) is 7.11 Å². The van der Waals surface area contributed by atoms with Crippen molar-refractivity contribution >= 4 is 21.7 Å². The Balaban J connectivity index is 1.91. The predicted octanol–water partition coefficient (Wildman–Crippen LogP) is 5.46. The quantitative estimate of drug-likeness (QED) is 0.481. The van der Waals surface area contributed by atoms with Crippen LogP contribution in [0.3, 0.4) is 0 Å². The van der Waals surface area contributed by atoms with E-state index in [9.17, 15) is 13.2 Å². The van der Waals surface area contributed by atoms with Gasteiger partial charge in [-0.1, -0.05) is 31.5 Å². The molecule has 0 aromatic heterocycles. The fraction of sp³-hybridized carbons (Fsp3) is 0.240. The van der Waals surface area contributed by atoms with Crippen molar-refractivity contribution in [3.8, 4) is 11.5 Å². The number of amides is 1. The molecule has 32 heavy (non-hydrogen) atoms. The highest BCUT2D eigenvalue weighted by Gasteiger charge is 2.21. The highest BCUT2D eigenvalue weighted by molar-refractivity contribution is 7.87. The van der Waals surface area contributed by atoms with Crippen LogP contribution < -0.4 is 14.2 Å². The van der Waals surface area contributed by atoms with Gasteiger partial charge in [-0.2, -0.15) is 8.42 Å². The van der Waals surface area contributed by atoms with Gasteiger partial charge >= 0.3 is 10.1 Å². The van der Waals surface area contributed by atoms with Gasteiger partial charge in [0.2, 0.25) is 0 Å². The van der Waals surface area contributed by atoms with Gasteiger partial charge in [-0.05, 0) is 73.9 Å². The molecular formula is C25H27NO5S. The van der Waals surface area contributed by atoms with Gasteiger partial charge in [0, 0.05) is 16.8 Å². The highest BCUT2D eigenvalue weighted by Crippen LogP contribution is 2.34. The van der Waals surface area contributed by atoms with Crippen molar-refractivity contribution in [1.29, 1.82) is 0 Å². The largest absolute Gasteiger partial charge is 0.497 e. The van der Waals surface area contributed by atoms with E-state index in [2.05, 4.69) is 5.32 Å². The van der Waals surface area contributed by atoms with Crippen LogP contribution in [0.15, 0.2) is 65.6 Å². The van der Waals surface area contributed by atoms with E-state index >= 15 is 0 Å². The standard InChI is InChI=1S/C25H27NO5S/c1-16(2)22-15-23(26-25(27)19-8-6-17(3)7-9-19)18(4)14-24(22)31-32(28,29)21-12-10-20(30-5)11-13-21/h6-16H,1-5H3,(H,26,27). The third-order valence-electron chi connectivity index (χ3n) is 5.09. The molecule has 3 rings (SSSR count). The third-order valence-corrected chi connectivity index (χ3v) is 6.34. The average molecular weight is 454 g/mol. The first kappa shape index (κ1) is 23.3. The predicted molar refractivity (Wildman–Crippen MR) is 125 cm³/mol. The fourth-order valence-corrected chi connectivity index (χ4v) is 4.11. The zero-order valence-corrected chi connectivity index (χ0v) is 19.6. The van der Waals surface area contributed by atoms with Gasteiger partial charge in [0.25, 0.3) is 5.91 Å². The first-order valence-corrected chi connectivity index (χ1v) is 11.6. The minimum absolute atomic E-state index is 0.0300. The number of anilines is 1. The van der Waals surface area contributed by atoms with Gasteiger partial charge in [0.15, 0.2) is 0 Å². The van der Waals surface area contributed by atoms with Gasteiger partial charge in [-0.3, -0.25) is 4.79 Å². The number of methoxy groups -OCH3 is 1. The van der Waals surface area contributed by atoms with Crippen molar-refractivity contribution in [3.05, 3.63) is 82.9 Å². The Labute approximate surface area is 189 Å². The zero-order valence-electron chi connectivity index (χ0n) is 18.8. The van der Waals surface area contributed by atoms with Crippen LogP contribution in [-0.4, -0.2) is 21.4 Å². The fourth-order valence-electron chi connectivity index (χ4n) is 3.16. The van der Waals surface area contributed by atoms with Crippen LogP contribution in [0.2, 0.25) is 0 Å². The van der Waals surface area contributed by atoms with E-state index in [-0.39, 0.29) is 22.5 Å². The van der Waals surface area contributed by atoms with Crippen LogP contribution in [0.25, 0.3) is 0 Å². The topological polar surface area (TPSA) is 81.7 Å². The molecule has 0 heterocycles. The maximum Gasteiger partial charge on any atom is 0.339 e. The van der Waals surface area contributed by atoms with Gasteiger partial charge < -0.3 is 14.2 Å². The second-order valence-corrected chi connectivity index (χ2v) is 9.44. The van der Waals surface area contributed by atoms with Crippen LogP contribution in [0, 0.1) is 13.8 Å². The molecule has 0 bridgehead atoms. The molecular weight excluding hydrogens is 426 g/mol. The molecule has 0 fully saturated rings. The van der Waals surface area contributed by atoms with E-state index in [0.29, 0.717) is 28.1 Å². The summed E-state index contributed by atoms with van der Waals surface area (Å²) in [6, 6.07) is 16.7. The lowest BCUT2D eigenvalue weighted by Gasteiger charge is -2.18. The number of carbonyl (C=O) groups excluding carboxylic acids is 1. The number of benzene rings is 3. The van der Waals surface area contributed by atoms with Crippen molar-refractivity contribution in [2.24, 2.45) is 0 Å². The summed E-state index contributed by atoms with van der Waals surface area (Å²) in [6.45, 7) is 7.62. The summed E-state index contributed by atoms with van der Waals surface area (Å²) in [7, 11) is -2.53. The van der Waals surface area contributed by atoms with Crippen molar-refractivity contribution in [3.63, 3.8) is 0 Å². The summed E-state index contributed by atoms with van der Waals surface area (Å²) < 4.78 is 36.2. The third kappa shape index (κ3) is 5.29. The number of rotatable bonds is 7. The lowest BCUT2D eigenvalue weighted by molar-refractivity contribution is 0.102. The Morgan fingerprint density at radius 3 is 2.12 bits per heavy atom. The van der Waals surface area contributed by atoms with Crippen molar-refractivity contribution in [1.82, 2.24) is 0 Å². The molecule has 3 aromatic carbocycles. The zero-order chi connectivity index (χ0) is 23.5. The molecule has 0 spiro atoms. The molecule has 1 amide bonds. The Kier molecular flexibility index (Phi) is 6.89. The lowest BCUT2D eigenvalue weighted by Crippen LogP contribution is -2.15. The van der Waals surface area contributed by atoms with Crippen LogP contribution >= 0.6 is 0 Å². The molecule has 0 atom stereocenters. The number of hydrogen-bond donors (Lipinski definition) is 1. The highest BCUT2D eigenvalue weighted by atomic mass is 32.2. The molecule has 0 unspecified atom stereocenters. The van der Waals surface area contributed by atoms with E-state index in [1.54, 1.807) is 43.3 Å². The number of aryl methyl sites for hydroxylation is 2.